The van der Waals surface area contributed by atoms with E-state index < -0.39 is 0 Å². The zero-order valence-corrected chi connectivity index (χ0v) is 13.3. The van der Waals surface area contributed by atoms with Gasteiger partial charge in [0.25, 0.3) is 5.91 Å². The highest BCUT2D eigenvalue weighted by atomic mass is 16.3. The third-order valence-corrected chi connectivity index (χ3v) is 4.72. The molecule has 23 heavy (non-hydrogen) atoms. The van der Waals surface area contributed by atoms with E-state index in [1.807, 2.05) is 29.2 Å². The molecule has 0 aliphatic carbocycles. The lowest BCUT2D eigenvalue weighted by Gasteiger charge is -2.17. The van der Waals surface area contributed by atoms with Gasteiger partial charge in [0.15, 0.2) is 5.58 Å². The molecule has 4 rings (SSSR count). The van der Waals surface area contributed by atoms with E-state index in [1.54, 1.807) is 6.26 Å². The highest BCUT2D eigenvalue weighted by molar-refractivity contribution is 5.97. The molecule has 3 aromatic rings. The van der Waals surface area contributed by atoms with Crippen LogP contribution in [0.3, 0.4) is 0 Å². The van der Waals surface area contributed by atoms with Crippen molar-refractivity contribution in [2.75, 3.05) is 13.1 Å². The molecule has 1 aliphatic heterocycles. The summed E-state index contributed by atoms with van der Waals surface area (Å²) in [4.78, 5) is 14.8. The molecule has 4 nitrogen and oxygen atoms in total. The number of hydrogen-bond donors (Lipinski definition) is 0. The number of fused-ring (bicyclic) bond motifs is 1. The topological polar surface area (TPSA) is 38.4 Å². The summed E-state index contributed by atoms with van der Waals surface area (Å²) in [6, 6.07) is 12.1. The number of rotatable bonds is 3. The van der Waals surface area contributed by atoms with Crippen molar-refractivity contribution in [3.8, 4) is 0 Å². The second-order valence-corrected chi connectivity index (χ2v) is 6.21. The van der Waals surface area contributed by atoms with Crippen LogP contribution in [0.1, 0.15) is 34.5 Å². The first kappa shape index (κ1) is 14.1. The lowest BCUT2D eigenvalue weighted by Crippen LogP contribution is -2.29. The number of carbonyl (C=O) groups is 1. The maximum absolute atomic E-state index is 12.9. The summed E-state index contributed by atoms with van der Waals surface area (Å²) >= 11 is 0. The summed E-state index contributed by atoms with van der Waals surface area (Å²) in [7, 11) is 0. The van der Waals surface area contributed by atoms with Gasteiger partial charge in [-0.15, -0.1) is 0 Å². The Bertz CT molecular complexity index is 853. The summed E-state index contributed by atoms with van der Waals surface area (Å²) in [5.74, 6) is 0.113. The maximum Gasteiger partial charge on any atom is 0.270 e. The number of aromatic nitrogens is 1. The van der Waals surface area contributed by atoms with Gasteiger partial charge in [-0.3, -0.25) is 4.79 Å². The summed E-state index contributed by atoms with van der Waals surface area (Å²) in [6.45, 7) is 4.50. The smallest absolute Gasteiger partial charge is 0.270 e. The van der Waals surface area contributed by atoms with E-state index >= 15 is 0 Å². The van der Waals surface area contributed by atoms with Crippen molar-refractivity contribution in [1.82, 2.24) is 9.47 Å². The van der Waals surface area contributed by atoms with Gasteiger partial charge < -0.3 is 13.9 Å². The highest BCUT2D eigenvalue weighted by Crippen LogP contribution is 2.25. The molecule has 1 fully saturated rings. The molecule has 0 spiro atoms. The Morgan fingerprint density at radius 1 is 1.17 bits per heavy atom. The van der Waals surface area contributed by atoms with Crippen LogP contribution in [0.2, 0.25) is 0 Å². The fourth-order valence-corrected chi connectivity index (χ4v) is 3.36. The number of furan rings is 1. The van der Waals surface area contributed by atoms with Crippen molar-refractivity contribution in [3.63, 3.8) is 0 Å². The molecular formula is C19H20N2O2. The van der Waals surface area contributed by atoms with Gasteiger partial charge in [0.05, 0.1) is 11.8 Å². The molecule has 1 saturated heterocycles. The predicted molar refractivity (Wildman–Crippen MR) is 89.6 cm³/mol. The average Bonchev–Trinajstić information content (AvgIpc) is 3.26. The first-order valence-electron chi connectivity index (χ1n) is 8.14. The van der Waals surface area contributed by atoms with E-state index in [0.717, 1.165) is 42.7 Å². The van der Waals surface area contributed by atoms with Crippen LogP contribution in [0.25, 0.3) is 11.1 Å². The molecule has 0 bridgehead atoms. The van der Waals surface area contributed by atoms with Crippen molar-refractivity contribution >= 4 is 17.0 Å². The molecule has 0 unspecified atom stereocenters. The molecular weight excluding hydrogens is 288 g/mol. The van der Waals surface area contributed by atoms with Crippen LogP contribution in [-0.4, -0.2) is 28.5 Å². The van der Waals surface area contributed by atoms with Crippen LogP contribution in [0.4, 0.5) is 0 Å². The zero-order chi connectivity index (χ0) is 15.8. The fraction of sp³-hybridized carbons (Fsp3) is 0.316. The van der Waals surface area contributed by atoms with Crippen LogP contribution < -0.4 is 0 Å². The summed E-state index contributed by atoms with van der Waals surface area (Å²) in [5, 5.41) is 0. The van der Waals surface area contributed by atoms with E-state index in [2.05, 4.69) is 23.6 Å². The van der Waals surface area contributed by atoms with Gasteiger partial charge >= 0.3 is 0 Å². The Morgan fingerprint density at radius 3 is 2.74 bits per heavy atom. The first-order chi connectivity index (χ1) is 11.2. The fourth-order valence-electron chi connectivity index (χ4n) is 3.36. The second-order valence-electron chi connectivity index (χ2n) is 6.21. The zero-order valence-electron chi connectivity index (χ0n) is 13.3. The quantitative estimate of drug-likeness (QED) is 0.737. The van der Waals surface area contributed by atoms with Crippen LogP contribution in [0, 0.1) is 6.92 Å². The summed E-state index contributed by atoms with van der Waals surface area (Å²) in [6.07, 6.45) is 3.88. The van der Waals surface area contributed by atoms with E-state index in [0.29, 0.717) is 6.54 Å². The lowest BCUT2D eigenvalue weighted by molar-refractivity contribution is 0.0783. The van der Waals surface area contributed by atoms with Gasteiger partial charge in [0.1, 0.15) is 5.69 Å². The second kappa shape index (κ2) is 5.61. The molecule has 3 heterocycles. The third kappa shape index (κ3) is 2.44. The minimum Gasteiger partial charge on any atom is -0.463 e. The van der Waals surface area contributed by atoms with Crippen molar-refractivity contribution < 1.29 is 9.21 Å². The van der Waals surface area contributed by atoms with Crippen molar-refractivity contribution in [2.24, 2.45) is 0 Å². The molecule has 1 aliphatic rings. The molecule has 2 aromatic heterocycles. The SMILES string of the molecule is Cc1ccccc1Cn1c(C(=O)N2CCCC2)cc2occc21. The Balaban J connectivity index is 1.77. The molecule has 0 N–H and O–H groups in total. The van der Waals surface area contributed by atoms with Crippen LogP contribution >= 0.6 is 0 Å². The van der Waals surface area contributed by atoms with Crippen molar-refractivity contribution in [1.29, 1.82) is 0 Å². The monoisotopic (exact) mass is 308 g/mol. The number of likely N-dealkylation sites (tertiary alicyclic amines) is 1. The van der Waals surface area contributed by atoms with Crippen molar-refractivity contribution in [3.05, 3.63) is 59.5 Å². The first-order valence-corrected chi connectivity index (χ1v) is 8.14. The van der Waals surface area contributed by atoms with Gasteiger partial charge in [-0.05, 0) is 30.9 Å². The van der Waals surface area contributed by atoms with Crippen LogP contribution in [0.15, 0.2) is 47.1 Å². The van der Waals surface area contributed by atoms with Gasteiger partial charge in [0, 0.05) is 31.8 Å². The van der Waals surface area contributed by atoms with Gasteiger partial charge in [0.2, 0.25) is 0 Å². The molecule has 0 atom stereocenters. The normalized spacial score (nSPS) is 14.7. The number of benzene rings is 1. The molecule has 0 saturated carbocycles. The number of amides is 1. The van der Waals surface area contributed by atoms with Crippen molar-refractivity contribution in [2.45, 2.75) is 26.3 Å². The molecule has 4 heteroatoms. The minimum absolute atomic E-state index is 0.113. The average molecular weight is 308 g/mol. The maximum atomic E-state index is 12.9. The number of aryl methyl sites for hydroxylation is 1. The van der Waals surface area contributed by atoms with Gasteiger partial charge in [-0.2, -0.15) is 0 Å². The Kier molecular flexibility index (Phi) is 3.45. The largest absolute Gasteiger partial charge is 0.463 e. The van der Waals surface area contributed by atoms with Gasteiger partial charge in [-0.25, -0.2) is 0 Å². The van der Waals surface area contributed by atoms with E-state index in [1.165, 1.54) is 11.1 Å². The molecule has 1 aromatic carbocycles. The standard InChI is InChI=1S/C19H20N2O2/c1-14-6-2-3-7-15(14)13-21-16-8-11-23-18(16)12-17(21)19(22)20-9-4-5-10-20/h2-3,6-8,11-12H,4-5,9-10,13H2,1H3. The van der Waals surface area contributed by atoms with Gasteiger partial charge in [-0.1, -0.05) is 24.3 Å². The summed E-state index contributed by atoms with van der Waals surface area (Å²) < 4.78 is 7.61. The Hall–Kier alpha value is -2.49. The molecule has 1 amide bonds. The number of carbonyl (C=O) groups excluding carboxylic acids is 1. The van der Waals surface area contributed by atoms with E-state index in [9.17, 15) is 4.79 Å². The Labute approximate surface area is 135 Å². The highest BCUT2D eigenvalue weighted by Gasteiger charge is 2.24. The molecule has 0 radical (unpaired) electrons. The number of hydrogen-bond acceptors (Lipinski definition) is 2. The van der Waals surface area contributed by atoms with Crippen LogP contribution in [-0.2, 0) is 6.54 Å². The predicted octanol–water partition coefficient (Wildman–Crippen LogP) is 3.83. The van der Waals surface area contributed by atoms with Crippen LogP contribution in [0.5, 0.6) is 0 Å². The third-order valence-electron chi connectivity index (χ3n) is 4.72. The number of nitrogens with zero attached hydrogens (tertiary/aromatic N) is 2. The van der Waals surface area contributed by atoms with E-state index in [-0.39, 0.29) is 5.91 Å². The Morgan fingerprint density at radius 2 is 1.96 bits per heavy atom. The molecule has 118 valence electrons. The van der Waals surface area contributed by atoms with E-state index in [4.69, 9.17) is 4.42 Å². The summed E-state index contributed by atoms with van der Waals surface area (Å²) in [5.41, 5.74) is 4.94. The minimum atomic E-state index is 0.113. The lowest BCUT2D eigenvalue weighted by atomic mass is 10.1.